The number of para-hydroxylation sites is 1. The molecule has 0 radical (unpaired) electrons. The van der Waals surface area contributed by atoms with Crippen molar-refractivity contribution in [2.24, 2.45) is 4.99 Å². The molecule has 1 aliphatic carbocycles. The van der Waals surface area contributed by atoms with Gasteiger partial charge in [-0.1, -0.05) is 18.2 Å². The lowest BCUT2D eigenvalue weighted by Gasteiger charge is -2.38. The normalized spacial score (nSPS) is 22.1. The molecule has 1 N–H and O–H groups in total. The van der Waals surface area contributed by atoms with Crippen LogP contribution in [0.4, 0.5) is 0 Å². The fourth-order valence-corrected chi connectivity index (χ4v) is 3.81. The second kappa shape index (κ2) is 8.31. The lowest BCUT2D eigenvalue weighted by Crippen LogP contribution is -2.56. The van der Waals surface area contributed by atoms with Gasteiger partial charge in [0.25, 0.3) is 0 Å². The summed E-state index contributed by atoms with van der Waals surface area (Å²) in [6.07, 6.45) is 3.02. The standard InChI is InChI=1S/C21H29N5O3/c1-24(2)19(27)13-22-21(25-10-11-26(15-7-8-15)20(28)14-25)23-17-9-12-29-18-6-4-3-5-16(17)18/h3-6,15,17H,7-14H2,1-2H3,(H,22,23). The Kier molecular flexibility index (Phi) is 5.60. The predicted molar refractivity (Wildman–Crippen MR) is 110 cm³/mol. The molecule has 2 fully saturated rings. The van der Waals surface area contributed by atoms with Crippen molar-refractivity contribution in [3.63, 3.8) is 0 Å². The van der Waals surface area contributed by atoms with Gasteiger partial charge < -0.3 is 24.8 Å². The Labute approximate surface area is 171 Å². The SMILES string of the molecule is CN(C)C(=O)CN=C(NC1CCOc2ccccc21)N1CCN(C2CC2)C(=O)C1. The molecule has 8 nitrogen and oxygen atoms in total. The number of amides is 2. The Morgan fingerprint density at radius 1 is 1.24 bits per heavy atom. The Balaban J connectivity index is 1.52. The van der Waals surface area contributed by atoms with Gasteiger partial charge in [0.15, 0.2) is 5.96 Å². The average molecular weight is 399 g/mol. The van der Waals surface area contributed by atoms with Crippen LogP contribution in [-0.4, -0.2) is 85.4 Å². The monoisotopic (exact) mass is 399 g/mol. The highest BCUT2D eigenvalue weighted by Crippen LogP contribution is 2.32. The van der Waals surface area contributed by atoms with Crippen LogP contribution in [0.5, 0.6) is 5.75 Å². The summed E-state index contributed by atoms with van der Waals surface area (Å²) in [6.45, 7) is 2.39. The summed E-state index contributed by atoms with van der Waals surface area (Å²) < 4.78 is 5.76. The fraction of sp³-hybridized carbons (Fsp3) is 0.571. The number of guanidine groups is 1. The number of aliphatic imine (C=N–C) groups is 1. The highest BCUT2D eigenvalue weighted by Gasteiger charge is 2.37. The quantitative estimate of drug-likeness (QED) is 0.600. The summed E-state index contributed by atoms with van der Waals surface area (Å²) in [5, 5.41) is 3.51. The van der Waals surface area contributed by atoms with Crippen molar-refractivity contribution >= 4 is 17.8 Å². The van der Waals surface area contributed by atoms with Crippen molar-refractivity contribution in [3.8, 4) is 5.75 Å². The molecule has 0 bridgehead atoms. The zero-order chi connectivity index (χ0) is 20.4. The van der Waals surface area contributed by atoms with Crippen LogP contribution < -0.4 is 10.1 Å². The number of carbonyl (C=O) groups excluding carboxylic acids is 2. The third-order valence-electron chi connectivity index (χ3n) is 5.67. The lowest BCUT2D eigenvalue weighted by molar-refractivity contribution is -0.135. The van der Waals surface area contributed by atoms with Crippen molar-refractivity contribution in [1.82, 2.24) is 20.0 Å². The van der Waals surface area contributed by atoms with E-state index in [0.29, 0.717) is 31.7 Å². The van der Waals surface area contributed by atoms with Crippen LogP contribution in [0.2, 0.25) is 0 Å². The molecule has 3 aliphatic rings. The number of hydrogen-bond donors (Lipinski definition) is 1. The second-order valence-corrected chi connectivity index (χ2v) is 8.04. The third-order valence-corrected chi connectivity index (χ3v) is 5.67. The smallest absolute Gasteiger partial charge is 0.243 e. The first-order valence-electron chi connectivity index (χ1n) is 10.3. The van der Waals surface area contributed by atoms with Crippen molar-refractivity contribution in [2.45, 2.75) is 31.3 Å². The zero-order valence-corrected chi connectivity index (χ0v) is 17.1. The van der Waals surface area contributed by atoms with Gasteiger partial charge in [-0.2, -0.15) is 0 Å². The molecular weight excluding hydrogens is 370 g/mol. The van der Waals surface area contributed by atoms with E-state index in [4.69, 9.17) is 4.74 Å². The van der Waals surface area contributed by atoms with Crippen LogP contribution >= 0.6 is 0 Å². The number of hydrogen-bond acceptors (Lipinski definition) is 4. The maximum absolute atomic E-state index is 12.6. The minimum atomic E-state index is -0.0698. The molecule has 0 aromatic heterocycles. The Bertz CT molecular complexity index is 805. The number of carbonyl (C=O) groups is 2. The van der Waals surface area contributed by atoms with Crippen LogP contribution in [0, 0.1) is 0 Å². The maximum Gasteiger partial charge on any atom is 0.243 e. The van der Waals surface area contributed by atoms with Gasteiger partial charge in [0.05, 0.1) is 19.2 Å². The Hall–Kier alpha value is -2.77. The van der Waals surface area contributed by atoms with E-state index < -0.39 is 0 Å². The summed E-state index contributed by atoms with van der Waals surface area (Å²) in [5.41, 5.74) is 1.08. The molecule has 0 spiro atoms. The molecule has 1 unspecified atom stereocenters. The van der Waals surface area contributed by atoms with E-state index >= 15 is 0 Å². The molecule has 1 aromatic carbocycles. The number of nitrogens with zero attached hydrogens (tertiary/aromatic N) is 4. The molecule has 1 atom stereocenters. The van der Waals surface area contributed by atoms with Gasteiger partial charge in [0, 0.05) is 45.2 Å². The minimum Gasteiger partial charge on any atom is -0.493 e. The minimum absolute atomic E-state index is 0.0321. The van der Waals surface area contributed by atoms with Gasteiger partial charge in [0.2, 0.25) is 11.8 Å². The van der Waals surface area contributed by atoms with Gasteiger partial charge in [-0.25, -0.2) is 4.99 Å². The van der Waals surface area contributed by atoms with Gasteiger partial charge in [-0.3, -0.25) is 9.59 Å². The maximum atomic E-state index is 12.6. The number of rotatable bonds is 4. The molecular formula is C21H29N5O3. The van der Waals surface area contributed by atoms with E-state index in [9.17, 15) is 9.59 Å². The van der Waals surface area contributed by atoms with Gasteiger partial charge in [-0.15, -0.1) is 0 Å². The molecule has 1 aromatic rings. The van der Waals surface area contributed by atoms with Crippen LogP contribution in [0.1, 0.15) is 30.9 Å². The predicted octanol–water partition coefficient (Wildman–Crippen LogP) is 0.851. The molecule has 2 amide bonds. The number of likely N-dealkylation sites (N-methyl/N-ethyl adjacent to an activating group) is 1. The largest absolute Gasteiger partial charge is 0.493 e. The summed E-state index contributed by atoms with van der Waals surface area (Å²) in [5.74, 6) is 1.56. The van der Waals surface area contributed by atoms with Crippen molar-refractivity contribution < 1.29 is 14.3 Å². The van der Waals surface area contributed by atoms with Crippen molar-refractivity contribution in [1.29, 1.82) is 0 Å². The van der Waals surface area contributed by atoms with Gasteiger partial charge in [-0.05, 0) is 18.9 Å². The summed E-state index contributed by atoms with van der Waals surface area (Å²) in [7, 11) is 3.44. The average Bonchev–Trinajstić information content (AvgIpc) is 3.56. The van der Waals surface area contributed by atoms with Crippen LogP contribution in [0.25, 0.3) is 0 Å². The number of ether oxygens (including phenoxy) is 1. The van der Waals surface area contributed by atoms with Crippen molar-refractivity contribution in [2.75, 3.05) is 46.9 Å². The highest BCUT2D eigenvalue weighted by molar-refractivity contribution is 5.90. The van der Waals surface area contributed by atoms with E-state index in [2.05, 4.69) is 10.3 Å². The topological polar surface area (TPSA) is 77.5 Å². The molecule has 29 heavy (non-hydrogen) atoms. The molecule has 2 heterocycles. The van der Waals surface area contributed by atoms with Crippen LogP contribution in [-0.2, 0) is 9.59 Å². The summed E-state index contributed by atoms with van der Waals surface area (Å²) in [6, 6.07) is 8.42. The molecule has 156 valence electrons. The molecule has 8 heteroatoms. The number of benzene rings is 1. The van der Waals surface area contributed by atoms with E-state index in [1.54, 1.807) is 14.1 Å². The lowest BCUT2D eigenvalue weighted by atomic mass is 10.0. The van der Waals surface area contributed by atoms with Crippen molar-refractivity contribution in [3.05, 3.63) is 29.8 Å². The third kappa shape index (κ3) is 4.46. The van der Waals surface area contributed by atoms with E-state index in [-0.39, 0.29) is 24.4 Å². The molecule has 4 rings (SSSR count). The summed E-state index contributed by atoms with van der Waals surface area (Å²) in [4.78, 5) is 34.8. The van der Waals surface area contributed by atoms with E-state index in [1.165, 1.54) is 4.90 Å². The van der Waals surface area contributed by atoms with Gasteiger partial charge >= 0.3 is 0 Å². The Morgan fingerprint density at radius 2 is 2.03 bits per heavy atom. The number of piperazine rings is 1. The second-order valence-electron chi connectivity index (χ2n) is 8.04. The van der Waals surface area contributed by atoms with E-state index in [1.807, 2.05) is 34.1 Å². The Morgan fingerprint density at radius 3 is 2.76 bits per heavy atom. The number of nitrogens with one attached hydrogen (secondary N) is 1. The first-order chi connectivity index (χ1) is 14.0. The summed E-state index contributed by atoms with van der Waals surface area (Å²) >= 11 is 0. The molecule has 2 aliphatic heterocycles. The van der Waals surface area contributed by atoms with Crippen LogP contribution in [0.3, 0.4) is 0 Å². The first-order valence-corrected chi connectivity index (χ1v) is 10.3. The van der Waals surface area contributed by atoms with Crippen LogP contribution in [0.15, 0.2) is 29.3 Å². The molecule has 1 saturated carbocycles. The van der Waals surface area contributed by atoms with Gasteiger partial charge in [0.1, 0.15) is 12.3 Å². The number of fused-ring (bicyclic) bond motifs is 1. The van der Waals surface area contributed by atoms with E-state index in [0.717, 1.165) is 37.1 Å². The molecule has 1 saturated heterocycles. The fourth-order valence-electron chi connectivity index (χ4n) is 3.81. The first kappa shape index (κ1) is 19.5. The highest BCUT2D eigenvalue weighted by atomic mass is 16.5. The zero-order valence-electron chi connectivity index (χ0n) is 17.1.